The summed E-state index contributed by atoms with van der Waals surface area (Å²) in [5, 5.41) is 10.9. The van der Waals surface area contributed by atoms with Gasteiger partial charge in [-0.2, -0.15) is 0 Å². The normalized spacial score (nSPS) is 11.4. The van der Waals surface area contributed by atoms with Crippen molar-refractivity contribution in [3.63, 3.8) is 0 Å². The van der Waals surface area contributed by atoms with Crippen molar-refractivity contribution in [1.29, 1.82) is 0 Å². The Morgan fingerprint density at radius 2 is 1.75 bits per heavy atom. The van der Waals surface area contributed by atoms with Gasteiger partial charge in [-0.25, -0.2) is 4.79 Å². The molecule has 0 aliphatic rings. The maximum Gasteiger partial charge on any atom is 0.326 e. The highest BCUT2D eigenvalue weighted by molar-refractivity contribution is 6.07. The van der Waals surface area contributed by atoms with Crippen LogP contribution in [-0.2, 0) is 14.4 Å². The van der Waals surface area contributed by atoms with Crippen LogP contribution in [0.4, 0.5) is 0 Å². The Bertz CT molecular complexity index is 527. The van der Waals surface area contributed by atoms with Crippen molar-refractivity contribution in [2.24, 2.45) is 5.73 Å². The van der Waals surface area contributed by atoms with Gasteiger partial charge in [-0.15, -0.1) is 0 Å². The average molecular weight is 278 g/mol. The Labute approximate surface area is 114 Å². The van der Waals surface area contributed by atoms with Crippen molar-refractivity contribution in [1.82, 2.24) is 5.32 Å². The molecule has 0 aromatic heterocycles. The molecule has 1 rings (SSSR count). The van der Waals surface area contributed by atoms with Crippen molar-refractivity contribution in [3.05, 3.63) is 35.9 Å². The van der Waals surface area contributed by atoms with Gasteiger partial charge in [0.2, 0.25) is 11.8 Å². The van der Waals surface area contributed by atoms with Crippen molar-refractivity contribution >= 4 is 23.6 Å². The number of amides is 2. The van der Waals surface area contributed by atoms with Crippen LogP contribution in [0, 0.1) is 0 Å². The molecule has 0 saturated carbocycles. The summed E-state index contributed by atoms with van der Waals surface area (Å²) in [5.74, 6) is -3.45. The minimum Gasteiger partial charge on any atom is -0.480 e. The topological polar surface area (TPSA) is 127 Å². The summed E-state index contributed by atoms with van der Waals surface area (Å²) in [5.41, 5.74) is 5.23. The number of ketones is 1. The van der Waals surface area contributed by atoms with E-state index in [1.165, 1.54) is 0 Å². The standard InChI is InChI=1S/C13H14N2O5/c14-11(17)6-9(13(19)20)15-12(18)7-10(16)8-4-2-1-3-5-8/h1-5,9H,6-7H2,(H2,14,17)(H,15,18)(H,19,20). The monoisotopic (exact) mass is 278 g/mol. The van der Waals surface area contributed by atoms with Gasteiger partial charge in [-0.05, 0) is 0 Å². The number of hydrogen-bond acceptors (Lipinski definition) is 4. The number of aliphatic carboxylic acids is 1. The molecular weight excluding hydrogens is 264 g/mol. The lowest BCUT2D eigenvalue weighted by molar-refractivity contribution is -0.143. The Kier molecular flexibility index (Phi) is 5.40. The first-order valence-corrected chi connectivity index (χ1v) is 5.79. The summed E-state index contributed by atoms with van der Waals surface area (Å²) in [6.45, 7) is 0. The van der Waals surface area contributed by atoms with Gasteiger partial charge in [0.05, 0.1) is 12.8 Å². The minimum absolute atomic E-state index is 0.351. The molecule has 0 radical (unpaired) electrons. The van der Waals surface area contributed by atoms with E-state index in [0.29, 0.717) is 5.56 Å². The van der Waals surface area contributed by atoms with Gasteiger partial charge in [0.1, 0.15) is 6.04 Å². The lowest BCUT2D eigenvalue weighted by Crippen LogP contribution is -2.43. The van der Waals surface area contributed by atoms with Gasteiger partial charge in [-0.1, -0.05) is 30.3 Å². The molecule has 1 unspecified atom stereocenters. The molecule has 4 N–H and O–H groups in total. The maximum absolute atomic E-state index is 11.7. The second-order valence-corrected chi connectivity index (χ2v) is 4.09. The molecule has 2 amide bonds. The number of nitrogens with one attached hydrogen (secondary N) is 1. The number of carboxylic acids is 1. The van der Waals surface area contributed by atoms with Crippen molar-refractivity contribution in [2.45, 2.75) is 18.9 Å². The van der Waals surface area contributed by atoms with Crippen LogP contribution in [0.3, 0.4) is 0 Å². The number of rotatable bonds is 7. The summed E-state index contributed by atoms with van der Waals surface area (Å²) in [4.78, 5) is 44.8. The zero-order chi connectivity index (χ0) is 15.1. The van der Waals surface area contributed by atoms with Gasteiger partial charge < -0.3 is 16.2 Å². The van der Waals surface area contributed by atoms with E-state index in [0.717, 1.165) is 0 Å². The van der Waals surface area contributed by atoms with Crippen LogP contribution < -0.4 is 11.1 Å². The van der Waals surface area contributed by atoms with Crippen LogP contribution in [0.2, 0.25) is 0 Å². The van der Waals surface area contributed by atoms with Gasteiger partial charge in [0.25, 0.3) is 0 Å². The first-order chi connectivity index (χ1) is 9.40. The predicted octanol–water partition coefficient (Wildman–Crippen LogP) is -0.296. The summed E-state index contributed by atoms with van der Waals surface area (Å²) in [7, 11) is 0. The lowest BCUT2D eigenvalue weighted by Gasteiger charge is -2.12. The van der Waals surface area contributed by atoms with Crippen molar-refractivity contribution < 1.29 is 24.3 Å². The van der Waals surface area contributed by atoms with Crippen LogP contribution in [0.1, 0.15) is 23.2 Å². The number of primary amides is 1. The molecule has 0 saturated heterocycles. The molecule has 0 fully saturated rings. The van der Waals surface area contributed by atoms with E-state index in [-0.39, 0.29) is 0 Å². The Morgan fingerprint density at radius 1 is 1.15 bits per heavy atom. The molecule has 1 aromatic carbocycles. The Morgan fingerprint density at radius 3 is 2.25 bits per heavy atom. The first-order valence-electron chi connectivity index (χ1n) is 5.79. The molecule has 0 aliphatic carbocycles. The van der Waals surface area contributed by atoms with Gasteiger partial charge in [0, 0.05) is 5.56 Å². The van der Waals surface area contributed by atoms with Gasteiger partial charge >= 0.3 is 5.97 Å². The first kappa shape index (κ1) is 15.4. The Hall–Kier alpha value is -2.70. The molecule has 106 valence electrons. The molecule has 0 heterocycles. The highest BCUT2D eigenvalue weighted by Crippen LogP contribution is 2.03. The lowest BCUT2D eigenvalue weighted by atomic mass is 10.1. The van der Waals surface area contributed by atoms with Crippen molar-refractivity contribution in [3.8, 4) is 0 Å². The largest absolute Gasteiger partial charge is 0.480 e. The SMILES string of the molecule is NC(=O)CC(NC(=O)CC(=O)c1ccccc1)C(=O)O. The van der Waals surface area contributed by atoms with E-state index in [4.69, 9.17) is 10.8 Å². The smallest absolute Gasteiger partial charge is 0.326 e. The van der Waals surface area contributed by atoms with Crippen molar-refractivity contribution in [2.75, 3.05) is 0 Å². The summed E-state index contributed by atoms with van der Waals surface area (Å²) < 4.78 is 0. The molecular formula is C13H14N2O5. The fourth-order valence-electron chi connectivity index (χ4n) is 1.52. The fourth-order valence-corrected chi connectivity index (χ4v) is 1.52. The van der Waals surface area contributed by atoms with E-state index in [1.807, 2.05) is 0 Å². The molecule has 0 aliphatic heterocycles. The molecule has 1 atom stereocenters. The molecule has 20 heavy (non-hydrogen) atoms. The quantitative estimate of drug-likeness (QED) is 0.466. The van der Waals surface area contributed by atoms with Crippen LogP contribution in [-0.4, -0.2) is 34.7 Å². The van der Waals surface area contributed by atoms with E-state index < -0.39 is 42.5 Å². The molecule has 0 spiro atoms. The second kappa shape index (κ2) is 7.03. The molecule has 1 aromatic rings. The third-order valence-corrected chi connectivity index (χ3v) is 2.46. The van der Waals surface area contributed by atoms with Gasteiger partial charge in [0.15, 0.2) is 5.78 Å². The highest BCUT2D eigenvalue weighted by atomic mass is 16.4. The Balaban J connectivity index is 2.60. The number of carboxylic acid groups (broad SMARTS) is 1. The number of carbonyl (C=O) groups is 4. The van der Waals surface area contributed by atoms with E-state index in [1.54, 1.807) is 30.3 Å². The van der Waals surface area contributed by atoms with Crippen LogP contribution in [0.5, 0.6) is 0 Å². The van der Waals surface area contributed by atoms with Crippen LogP contribution in [0.25, 0.3) is 0 Å². The number of Topliss-reactive ketones (excluding diaryl/α,β-unsaturated/α-hetero) is 1. The number of benzene rings is 1. The highest BCUT2D eigenvalue weighted by Gasteiger charge is 2.23. The third kappa shape index (κ3) is 4.89. The number of nitrogens with two attached hydrogens (primary N) is 1. The maximum atomic E-state index is 11.7. The number of carbonyl (C=O) groups excluding carboxylic acids is 3. The molecule has 7 heteroatoms. The minimum atomic E-state index is -1.43. The fraction of sp³-hybridized carbons (Fsp3) is 0.231. The van der Waals surface area contributed by atoms with E-state index in [9.17, 15) is 19.2 Å². The zero-order valence-electron chi connectivity index (χ0n) is 10.5. The third-order valence-electron chi connectivity index (χ3n) is 2.46. The van der Waals surface area contributed by atoms with Gasteiger partial charge in [-0.3, -0.25) is 14.4 Å². The summed E-state index contributed by atoms with van der Waals surface area (Å²) in [6.07, 6.45) is -1.02. The molecule has 7 nitrogen and oxygen atoms in total. The summed E-state index contributed by atoms with van der Waals surface area (Å²) >= 11 is 0. The zero-order valence-corrected chi connectivity index (χ0v) is 10.5. The van der Waals surface area contributed by atoms with E-state index in [2.05, 4.69) is 5.32 Å². The summed E-state index contributed by atoms with van der Waals surface area (Å²) in [6, 6.07) is 6.70. The predicted molar refractivity (Wildman–Crippen MR) is 68.8 cm³/mol. The second-order valence-electron chi connectivity index (χ2n) is 4.09. The van der Waals surface area contributed by atoms with Crippen LogP contribution >= 0.6 is 0 Å². The van der Waals surface area contributed by atoms with E-state index >= 15 is 0 Å². The number of hydrogen-bond donors (Lipinski definition) is 3. The average Bonchev–Trinajstić information content (AvgIpc) is 2.38. The van der Waals surface area contributed by atoms with Crippen LogP contribution in [0.15, 0.2) is 30.3 Å². The molecule has 0 bridgehead atoms.